The molecule has 1 fully saturated rings. The molecule has 2 aromatic rings. The molecule has 4 nitrogen and oxygen atoms in total. The first-order chi connectivity index (χ1) is 11.2. The average molecular weight is 330 g/mol. The van der Waals surface area contributed by atoms with Crippen LogP contribution in [0.3, 0.4) is 0 Å². The van der Waals surface area contributed by atoms with Crippen molar-refractivity contribution in [2.24, 2.45) is 0 Å². The molecule has 0 bridgehead atoms. The maximum Gasteiger partial charge on any atom is 0.414 e. The summed E-state index contributed by atoms with van der Waals surface area (Å²) in [6.07, 6.45) is 0.815. The van der Waals surface area contributed by atoms with E-state index in [-0.39, 0.29) is 12.1 Å². The van der Waals surface area contributed by atoms with Crippen LogP contribution < -0.4 is 10.2 Å². The number of carbonyl (C=O) groups excluding carboxylic acids is 1. The van der Waals surface area contributed by atoms with Gasteiger partial charge in [-0.1, -0.05) is 19.1 Å². The van der Waals surface area contributed by atoms with Gasteiger partial charge >= 0.3 is 6.09 Å². The molecule has 23 heavy (non-hydrogen) atoms. The van der Waals surface area contributed by atoms with Gasteiger partial charge in [0.15, 0.2) is 0 Å². The quantitative estimate of drug-likeness (QED) is 0.866. The normalized spacial score (nSPS) is 15.7. The van der Waals surface area contributed by atoms with Crippen LogP contribution >= 0.6 is 11.3 Å². The van der Waals surface area contributed by atoms with Gasteiger partial charge in [0.2, 0.25) is 0 Å². The second-order valence-corrected chi connectivity index (χ2v) is 6.69. The highest BCUT2D eigenvalue weighted by atomic mass is 32.1. The predicted molar refractivity (Wildman–Crippen MR) is 94.1 cm³/mol. The number of aryl methyl sites for hydroxylation is 1. The predicted octanol–water partition coefficient (Wildman–Crippen LogP) is 4.12. The Morgan fingerprint density at radius 1 is 1.39 bits per heavy atom. The maximum absolute atomic E-state index is 11.7. The topological polar surface area (TPSA) is 41.6 Å². The Morgan fingerprint density at radius 3 is 3.00 bits per heavy atom. The lowest BCUT2D eigenvalue weighted by atomic mass is 10.1. The minimum absolute atomic E-state index is 0.223. The molecule has 0 aliphatic carbocycles. The number of nitrogens with one attached hydrogen (secondary N) is 1. The molecule has 1 N–H and O–H groups in total. The van der Waals surface area contributed by atoms with Crippen molar-refractivity contribution >= 4 is 23.1 Å². The number of hydrogen-bond acceptors (Lipinski definition) is 4. The van der Waals surface area contributed by atoms with E-state index < -0.39 is 0 Å². The number of hydrogen-bond donors (Lipinski definition) is 1. The van der Waals surface area contributed by atoms with E-state index in [1.54, 1.807) is 16.2 Å². The van der Waals surface area contributed by atoms with Gasteiger partial charge in [-0.05, 0) is 48.1 Å². The number of thiophene rings is 1. The number of benzene rings is 1. The molecular formula is C18H22N2O2S. The zero-order chi connectivity index (χ0) is 16.2. The molecule has 1 aromatic carbocycles. The van der Waals surface area contributed by atoms with Crippen LogP contribution in [0.15, 0.2) is 35.7 Å². The summed E-state index contributed by atoms with van der Waals surface area (Å²) in [5.74, 6) is 0. The van der Waals surface area contributed by atoms with E-state index in [1.165, 1.54) is 16.0 Å². The Bertz CT molecular complexity index is 683. The molecule has 1 saturated heterocycles. The zero-order valence-electron chi connectivity index (χ0n) is 13.5. The van der Waals surface area contributed by atoms with Crippen molar-refractivity contribution in [2.45, 2.75) is 32.9 Å². The van der Waals surface area contributed by atoms with Crippen LogP contribution in [0.2, 0.25) is 0 Å². The third kappa shape index (κ3) is 3.57. The van der Waals surface area contributed by atoms with Gasteiger partial charge in [0.05, 0.1) is 6.54 Å². The Morgan fingerprint density at radius 2 is 2.26 bits per heavy atom. The molecule has 5 heteroatoms. The molecule has 1 amide bonds. The number of cyclic esters (lactones) is 1. The molecule has 1 aliphatic heterocycles. The fourth-order valence-electron chi connectivity index (χ4n) is 2.79. The summed E-state index contributed by atoms with van der Waals surface area (Å²) in [5.41, 5.74) is 3.50. The molecular weight excluding hydrogens is 308 g/mol. The van der Waals surface area contributed by atoms with Crippen molar-refractivity contribution in [3.8, 4) is 0 Å². The van der Waals surface area contributed by atoms with Gasteiger partial charge in [0.25, 0.3) is 0 Å². The lowest BCUT2D eigenvalue weighted by Crippen LogP contribution is -2.24. The lowest BCUT2D eigenvalue weighted by molar-refractivity contribution is 0.181. The van der Waals surface area contributed by atoms with Crippen molar-refractivity contribution in [3.63, 3.8) is 0 Å². The highest BCUT2D eigenvalue weighted by molar-refractivity contribution is 7.10. The number of rotatable bonds is 6. The van der Waals surface area contributed by atoms with E-state index >= 15 is 0 Å². The van der Waals surface area contributed by atoms with Gasteiger partial charge in [-0.2, -0.15) is 0 Å². The third-order valence-electron chi connectivity index (χ3n) is 4.23. The lowest BCUT2D eigenvalue weighted by Gasteiger charge is -2.18. The van der Waals surface area contributed by atoms with Crippen LogP contribution in [-0.4, -0.2) is 19.2 Å². The van der Waals surface area contributed by atoms with Gasteiger partial charge in [-0.25, -0.2) is 4.79 Å². The summed E-state index contributed by atoms with van der Waals surface area (Å²) in [5, 5.41) is 5.73. The van der Waals surface area contributed by atoms with Gasteiger partial charge in [0, 0.05) is 23.2 Å². The number of carbonyl (C=O) groups is 1. The molecule has 0 spiro atoms. The highest BCUT2D eigenvalue weighted by Crippen LogP contribution is 2.24. The van der Waals surface area contributed by atoms with Gasteiger partial charge < -0.3 is 10.1 Å². The van der Waals surface area contributed by atoms with Crippen molar-refractivity contribution in [2.75, 3.05) is 18.1 Å². The number of amides is 1. The number of ether oxygens (including phenoxy) is 1. The highest BCUT2D eigenvalue weighted by Gasteiger charge is 2.23. The first-order valence-corrected chi connectivity index (χ1v) is 8.90. The van der Waals surface area contributed by atoms with Crippen LogP contribution in [0.1, 0.15) is 35.9 Å². The first-order valence-electron chi connectivity index (χ1n) is 8.02. The Labute approximate surface area is 141 Å². The van der Waals surface area contributed by atoms with E-state index in [0.29, 0.717) is 13.2 Å². The fraction of sp³-hybridized carbons (Fsp3) is 0.389. The molecule has 0 radical (unpaired) electrons. The number of anilines is 1. The summed E-state index contributed by atoms with van der Waals surface area (Å²) in [7, 11) is 0. The maximum atomic E-state index is 11.7. The van der Waals surface area contributed by atoms with E-state index in [0.717, 1.165) is 18.7 Å². The van der Waals surface area contributed by atoms with Crippen molar-refractivity contribution in [1.82, 2.24) is 5.32 Å². The molecule has 1 unspecified atom stereocenters. The van der Waals surface area contributed by atoms with Crippen molar-refractivity contribution < 1.29 is 9.53 Å². The van der Waals surface area contributed by atoms with Crippen molar-refractivity contribution in [1.29, 1.82) is 0 Å². The summed E-state index contributed by atoms with van der Waals surface area (Å²) in [6.45, 7) is 6.31. The molecule has 0 saturated carbocycles. The van der Waals surface area contributed by atoms with Gasteiger partial charge in [-0.3, -0.25) is 4.90 Å². The summed E-state index contributed by atoms with van der Waals surface area (Å²) < 4.78 is 5.01. The Hall–Kier alpha value is -1.85. The van der Waals surface area contributed by atoms with Crippen LogP contribution in [0, 0.1) is 0 Å². The second kappa shape index (κ2) is 7.15. The van der Waals surface area contributed by atoms with Crippen LogP contribution in [0.5, 0.6) is 0 Å². The Kier molecular flexibility index (Phi) is 4.98. The third-order valence-corrected chi connectivity index (χ3v) is 5.19. The summed E-state index contributed by atoms with van der Waals surface area (Å²) >= 11 is 1.80. The summed E-state index contributed by atoms with van der Waals surface area (Å²) in [4.78, 5) is 14.8. The molecule has 122 valence electrons. The van der Waals surface area contributed by atoms with E-state index in [1.807, 2.05) is 12.1 Å². The molecule has 1 atom stereocenters. The van der Waals surface area contributed by atoms with E-state index in [4.69, 9.17) is 4.74 Å². The average Bonchev–Trinajstić information content (AvgIpc) is 3.21. The van der Waals surface area contributed by atoms with Crippen molar-refractivity contribution in [3.05, 3.63) is 51.7 Å². The van der Waals surface area contributed by atoms with Crippen LogP contribution in [-0.2, 0) is 17.7 Å². The van der Waals surface area contributed by atoms with Crippen LogP contribution in [0.4, 0.5) is 10.5 Å². The Balaban J connectivity index is 1.67. The minimum Gasteiger partial charge on any atom is -0.447 e. The SMILES string of the molecule is CCc1ccsc1CNC(C)c1cccc(N2CCOC2=O)c1. The standard InChI is InChI=1S/C18H22N2O2S/c1-3-14-7-10-23-17(14)12-19-13(2)15-5-4-6-16(11-15)20-8-9-22-18(20)21/h4-7,10-11,13,19H,3,8-9,12H2,1-2H3. The zero-order valence-corrected chi connectivity index (χ0v) is 14.4. The molecule has 3 rings (SSSR count). The second-order valence-electron chi connectivity index (χ2n) is 5.69. The fourth-order valence-corrected chi connectivity index (χ4v) is 3.72. The van der Waals surface area contributed by atoms with E-state index in [2.05, 4.69) is 42.7 Å². The summed E-state index contributed by atoms with van der Waals surface area (Å²) in [6, 6.07) is 10.5. The minimum atomic E-state index is -0.256. The molecule has 1 aliphatic rings. The molecule has 2 heterocycles. The number of nitrogens with zero attached hydrogens (tertiary/aromatic N) is 1. The molecule has 1 aromatic heterocycles. The van der Waals surface area contributed by atoms with Gasteiger partial charge in [-0.15, -0.1) is 11.3 Å². The monoisotopic (exact) mass is 330 g/mol. The van der Waals surface area contributed by atoms with Gasteiger partial charge in [0.1, 0.15) is 6.61 Å². The van der Waals surface area contributed by atoms with E-state index in [9.17, 15) is 4.79 Å². The smallest absolute Gasteiger partial charge is 0.414 e. The van der Waals surface area contributed by atoms with Crippen LogP contribution in [0.25, 0.3) is 0 Å². The first kappa shape index (κ1) is 16.0. The largest absolute Gasteiger partial charge is 0.447 e.